The van der Waals surface area contributed by atoms with E-state index in [-0.39, 0.29) is 10.7 Å². The molecular formula is C18H20FN5O2S. The highest BCUT2D eigenvalue weighted by atomic mass is 32.2. The van der Waals surface area contributed by atoms with E-state index in [1.165, 1.54) is 30.6 Å². The van der Waals surface area contributed by atoms with Crippen molar-refractivity contribution in [3.8, 4) is 0 Å². The van der Waals surface area contributed by atoms with Crippen LogP contribution in [-0.2, 0) is 23.1 Å². The summed E-state index contributed by atoms with van der Waals surface area (Å²) in [6.45, 7) is 1.34. The molecule has 0 bridgehead atoms. The van der Waals surface area contributed by atoms with Crippen LogP contribution in [0.3, 0.4) is 0 Å². The maximum Gasteiger partial charge on any atom is 0.240 e. The molecule has 9 heteroatoms. The van der Waals surface area contributed by atoms with Gasteiger partial charge in [-0.05, 0) is 48.4 Å². The van der Waals surface area contributed by atoms with Gasteiger partial charge < -0.3 is 5.32 Å². The number of aryl methyl sites for hydroxylation is 1. The van der Waals surface area contributed by atoms with E-state index in [1.54, 1.807) is 29.2 Å². The van der Waals surface area contributed by atoms with Crippen LogP contribution in [0.4, 0.5) is 10.1 Å². The van der Waals surface area contributed by atoms with Crippen molar-refractivity contribution >= 4 is 15.7 Å². The van der Waals surface area contributed by atoms with Crippen LogP contribution in [0.15, 0.2) is 66.1 Å². The number of sulfonamides is 1. The van der Waals surface area contributed by atoms with Crippen LogP contribution in [0.25, 0.3) is 0 Å². The molecule has 3 aromatic rings. The minimum absolute atomic E-state index is 0.194. The molecule has 2 N–H and O–H groups in total. The summed E-state index contributed by atoms with van der Waals surface area (Å²) in [5.74, 6) is -0.286. The van der Waals surface area contributed by atoms with Crippen LogP contribution in [0.1, 0.15) is 12.0 Å². The summed E-state index contributed by atoms with van der Waals surface area (Å²) in [6.07, 6.45) is 3.63. The Balaban J connectivity index is 1.50. The molecule has 0 aliphatic heterocycles. The van der Waals surface area contributed by atoms with Crippen molar-refractivity contribution in [3.05, 3.63) is 72.6 Å². The molecular weight excluding hydrogens is 369 g/mol. The SMILES string of the molecule is O=S(=O)(NCCCn1cncn1)c1ccc(NCc2cccc(F)c2)cc1. The van der Waals surface area contributed by atoms with Crippen LogP contribution in [-0.4, -0.2) is 29.7 Å². The normalized spacial score (nSPS) is 11.4. The second-order valence-corrected chi connectivity index (χ2v) is 7.68. The lowest BCUT2D eigenvalue weighted by Gasteiger charge is -2.09. The number of aromatic nitrogens is 3. The lowest BCUT2D eigenvalue weighted by atomic mass is 10.2. The molecule has 0 aliphatic rings. The van der Waals surface area contributed by atoms with Gasteiger partial charge in [0.1, 0.15) is 18.5 Å². The van der Waals surface area contributed by atoms with Crippen molar-refractivity contribution in [3.63, 3.8) is 0 Å². The predicted octanol–water partition coefficient (Wildman–Crippen LogP) is 2.40. The van der Waals surface area contributed by atoms with Crippen molar-refractivity contribution < 1.29 is 12.8 Å². The summed E-state index contributed by atoms with van der Waals surface area (Å²) >= 11 is 0. The predicted molar refractivity (Wildman–Crippen MR) is 100.0 cm³/mol. The molecule has 0 aliphatic carbocycles. The number of benzene rings is 2. The molecule has 0 fully saturated rings. The molecule has 7 nitrogen and oxygen atoms in total. The lowest BCUT2D eigenvalue weighted by Crippen LogP contribution is -2.25. The minimum atomic E-state index is -3.56. The van der Waals surface area contributed by atoms with Crippen LogP contribution in [0, 0.1) is 5.82 Å². The average Bonchev–Trinajstić information content (AvgIpc) is 3.18. The maximum absolute atomic E-state index is 13.2. The average molecular weight is 389 g/mol. The third kappa shape index (κ3) is 5.60. The first-order valence-corrected chi connectivity index (χ1v) is 9.92. The Morgan fingerprint density at radius 2 is 1.93 bits per heavy atom. The third-order valence-corrected chi connectivity index (χ3v) is 5.35. The van der Waals surface area contributed by atoms with Crippen LogP contribution >= 0.6 is 0 Å². The fraction of sp³-hybridized carbons (Fsp3) is 0.222. The molecule has 0 unspecified atom stereocenters. The first-order chi connectivity index (χ1) is 13.0. The van der Waals surface area contributed by atoms with Crippen molar-refractivity contribution in [2.24, 2.45) is 0 Å². The molecule has 0 saturated heterocycles. The molecule has 0 saturated carbocycles. The molecule has 1 aromatic heterocycles. The number of hydrogen-bond donors (Lipinski definition) is 2. The van der Waals surface area contributed by atoms with Gasteiger partial charge in [0, 0.05) is 25.3 Å². The second-order valence-electron chi connectivity index (χ2n) is 5.92. The smallest absolute Gasteiger partial charge is 0.240 e. The van der Waals surface area contributed by atoms with Gasteiger partial charge in [0.15, 0.2) is 0 Å². The Morgan fingerprint density at radius 1 is 1.11 bits per heavy atom. The number of nitrogens with one attached hydrogen (secondary N) is 2. The Labute approximate surface area is 157 Å². The molecule has 27 heavy (non-hydrogen) atoms. The fourth-order valence-electron chi connectivity index (χ4n) is 2.48. The van der Waals surface area contributed by atoms with Gasteiger partial charge in [-0.3, -0.25) is 4.68 Å². The number of rotatable bonds is 9. The number of anilines is 1. The van der Waals surface area contributed by atoms with Crippen molar-refractivity contribution in [2.75, 3.05) is 11.9 Å². The number of halogens is 1. The first kappa shape index (κ1) is 19.0. The van der Waals surface area contributed by atoms with Crippen LogP contribution in [0.2, 0.25) is 0 Å². The van der Waals surface area contributed by atoms with E-state index in [1.807, 2.05) is 6.07 Å². The van der Waals surface area contributed by atoms with Crippen LogP contribution < -0.4 is 10.0 Å². The quantitative estimate of drug-likeness (QED) is 0.549. The van der Waals surface area contributed by atoms with Gasteiger partial charge >= 0.3 is 0 Å². The van der Waals surface area contributed by atoms with Gasteiger partial charge in [-0.25, -0.2) is 22.5 Å². The van der Waals surface area contributed by atoms with E-state index in [2.05, 4.69) is 20.1 Å². The summed E-state index contributed by atoms with van der Waals surface area (Å²) in [5.41, 5.74) is 1.56. The summed E-state index contributed by atoms with van der Waals surface area (Å²) in [5, 5.41) is 7.10. The lowest BCUT2D eigenvalue weighted by molar-refractivity contribution is 0.552. The molecule has 142 valence electrons. The summed E-state index contributed by atoms with van der Waals surface area (Å²) in [7, 11) is -3.56. The minimum Gasteiger partial charge on any atom is -0.381 e. The van der Waals surface area contributed by atoms with Gasteiger partial charge in [-0.15, -0.1) is 0 Å². The van der Waals surface area contributed by atoms with Crippen molar-refractivity contribution in [1.29, 1.82) is 0 Å². The van der Waals surface area contributed by atoms with E-state index in [0.29, 0.717) is 26.1 Å². The molecule has 0 amide bonds. The van der Waals surface area contributed by atoms with E-state index in [4.69, 9.17) is 0 Å². The summed E-state index contributed by atoms with van der Waals surface area (Å²) < 4.78 is 42.0. The van der Waals surface area contributed by atoms with E-state index in [0.717, 1.165) is 11.3 Å². The van der Waals surface area contributed by atoms with E-state index >= 15 is 0 Å². The van der Waals surface area contributed by atoms with Crippen molar-refractivity contribution in [2.45, 2.75) is 24.4 Å². The zero-order valence-corrected chi connectivity index (χ0v) is 15.4. The van der Waals surface area contributed by atoms with E-state index < -0.39 is 10.0 Å². The molecule has 3 rings (SSSR count). The van der Waals surface area contributed by atoms with Gasteiger partial charge in [0.2, 0.25) is 10.0 Å². The Hall–Kier alpha value is -2.78. The Bertz CT molecular complexity index is 960. The third-order valence-electron chi connectivity index (χ3n) is 3.87. The number of hydrogen-bond acceptors (Lipinski definition) is 5. The zero-order valence-electron chi connectivity index (χ0n) is 14.5. The van der Waals surface area contributed by atoms with Crippen molar-refractivity contribution in [1.82, 2.24) is 19.5 Å². The monoisotopic (exact) mass is 389 g/mol. The summed E-state index contributed by atoms with van der Waals surface area (Å²) in [6, 6.07) is 12.7. The van der Waals surface area contributed by atoms with Gasteiger partial charge in [-0.2, -0.15) is 5.10 Å². The highest BCUT2D eigenvalue weighted by Gasteiger charge is 2.13. The van der Waals surface area contributed by atoms with Gasteiger partial charge in [-0.1, -0.05) is 12.1 Å². The maximum atomic E-state index is 13.2. The standard InChI is InChI=1S/C18H20FN5O2S/c19-16-4-1-3-15(11-16)12-21-17-5-7-18(8-6-17)27(25,26)23-9-2-10-24-14-20-13-22-24/h1,3-8,11,13-14,21,23H,2,9-10,12H2. The largest absolute Gasteiger partial charge is 0.381 e. The molecule has 0 radical (unpaired) electrons. The zero-order chi connectivity index (χ0) is 19.1. The van der Waals surface area contributed by atoms with E-state index in [9.17, 15) is 12.8 Å². The highest BCUT2D eigenvalue weighted by molar-refractivity contribution is 7.89. The highest BCUT2D eigenvalue weighted by Crippen LogP contribution is 2.15. The second kappa shape index (κ2) is 8.74. The van der Waals surface area contributed by atoms with Gasteiger partial charge in [0.25, 0.3) is 0 Å². The van der Waals surface area contributed by atoms with Gasteiger partial charge in [0.05, 0.1) is 4.90 Å². The molecule has 1 heterocycles. The number of nitrogens with zero attached hydrogens (tertiary/aromatic N) is 3. The molecule has 2 aromatic carbocycles. The molecule has 0 spiro atoms. The topological polar surface area (TPSA) is 88.9 Å². The van der Waals surface area contributed by atoms with Crippen LogP contribution in [0.5, 0.6) is 0 Å². The Morgan fingerprint density at radius 3 is 2.63 bits per heavy atom. The molecule has 0 atom stereocenters. The summed E-state index contributed by atoms with van der Waals surface area (Å²) in [4.78, 5) is 4.03. The fourth-order valence-corrected chi connectivity index (χ4v) is 3.56. The first-order valence-electron chi connectivity index (χ1n) is 8.43. The Kier molecular flexibility index (Phi) is 6.15.